The van der Waals surface area contributed by atoms with Crippen LogP contribution in [-0.4, -0.2) is 77.9 Å². The Labute approximate surface area is 250 Å². The average molecular weight is 604 g/mol. The number of nitrogens with two attached hydrogens (primary N) is 1. The van der Waals surface area contributed by atoms with E-state index in [0.717, 1.165) is 48.2 Å². The second-order valence-electron chi connectivity index (χ2n) is 10.7. The van der Waals surface area contributed by atoms with Crippen LogP contribution in [0, 0.1) is 6.92 Å². The summed E-state index contributed by atoms with van der Waals surface area (Å²) in [5.74, 6) is -2.57. The Hall–Kier alpha value is -3.97. The summed E-state index contributed by atoms with van der Waals surface area (Å²) >= 11 is 0. The highest BCUT2D eigenvalue weighted by molar-refractivity contribution is 5.68. The fourth-order valence-corrected chi connectivity index (χ4v) is 4.97. The van der Waals surface area contributed by atoms with E-state index in [9.17, 15) is 19.2 Å². The minimum atomic E-state index is -1.39. The van der Waals surface area contributed by atoms with Crippen LogP contribution in [0.15, 0.2) is 18.2 Å². The number of H-pyrrole nitrogens is 1. The highest BCUT2D eigenvalue weighted by Gasteiger charge is 2.53. The van der Waals surface area contributed by atoms with E-state index in [4.69, 9.17) is 34.2 Å². The molecule has 13 heteroatoms. The van der Waals surface area contributed by atoms with E-state index in [-0.39, 0.29) is 18.4 Å². The Bertz CT molecular complexity index is 1310. The van der Waals surface area contributed by atoms with E-state index in [1.807, 2.05) is 32.9 Å². The van der Waals surface area contributed by atoms with Gasteiger partial charge in [-0.1, -0.05) is 32.0 Å². The first-order chi connectivity index (χ1) is 20.3. The molecule has 13 nitrogen and oxygen atoms in total. The topological polar surface area (TPSA) is 178 Å². The number of nitrogens with zero attached hydrogens (tertiary/aromatic N) is 1. The van der Waals surface area contributed by atoms with Crippen molar-refractivity contribution in [1.82, 2.24) is 10.2 Å². The van der Waals surface area contributed by atoms with Gasteiger partial charge in [-0.25, -0.2) is 0 Å². The van der Waals surface area contributed by atoms with Gasteiger partial charge in [-0.05, 0) is 42.5 Å². The number of aromatic amines is 1. The van der Waals surface area contributed by atoms with Crippen LogP contribution in [0.3, 0.4) is 0 Å². The Balaban J connectivity index is 2.05. The molecular weight excluding hydrogens is 562 g/mol. The lowest BCUT2D eigenvalue weighted by atomic mass is 9.95. The minimum Gasteiger partial charge on any atom is -0.463 e. The van der Waals surface area contributed by atoms with Crippen molar-refractivity contribution in [2.75, 3.05) is 13.2 Å². The van der Waals surface area contributed by atoms with Gasteiger partial charge in [0.25, 0.3) is 0 Å². The molecule has 1 fully saturated rings. The Kier molecular flexibility index (Phi) is 11.7. The molecule has 0 bridgehead atoms. The molecule has 0 aliphatic carbocycles. The zero-order chi connectivity index (χ0) is 31.8. The molecule has 0 amide bonds. The Morgan fingerprint density at radius 1 is 0.953 bits per heavy atom. The Morgan fingerprint density at radius 3 is 2.14 bits per heavy atom. The van der Waals surface area contributed by atoms with Crippen molar-refractivity contribution < 1.29 is 47.6 Å². The fourth-order valence-electron chi connectivity index (χ4n) is 4.97. The van der Waals surface area contributed by atoms with Crippen LogP contribution in [0.1, 0.15) is 75.4 Å². The predicted molar refractivity (Wildman–Crippen MR) is 152 cm³/mol. The second kappa shape index (κ2) is 15.0. The summed E-state index contributed by atoms with van der Waals surface area (Å²) in [6.45, 7) is 10.9. The summed E-state index contributed by atoms with van der Waals surface area (Å²) in [7, 11) is 0. The molecule has 0 spiro atoms. The predicted octanol–water partition coefficient (Wildman–Crippen LogP) is 2.40. The molecule has 236 valence electrons. The first-order valence-electron chi connectivity index (χ1n) is 14.1. The molecule has 3 rings (SSSR count). The van der Waals surface area contributed by atoms with E-state index < -0.39 is 54.6 Å². The van der Waals surface area contributed by atoms with Gasteiger partial charge in [0.15, 0.2) is 12.2 Å². The number of ether oxygens (including phenoxy) is 6. The van der Waals surface area contributed by atoms with Crippen LogP contribution < -0.4 is 10.5 Å². The van der Waals surface area contributed by atoms with Crippen molar-refractivity contribution in [3.05, 3.63) is 46.1 Å². The summed E-state index contributed by atoms with van der Waals surface area (Å²) in [4.78, 5) is 48.0. The van der Waals surface area contributed by atoms with Crippen molar-refractivity contribution >= 4 is 23.9 Å². The van der Waals surface area contributed by atoms with Crippen LogP contribution in [0.25, 0.3) is 0 Å². The fraction of sp³-hybridized carbons (Fsp3) is 0.567. The van der Waals surface area contributed by atoms with Gasteiger partial charge < -0.3 is 34.2 Å². The van der Waals surface area contributed by atoms with E-state index >= 15 is 0 Å². The molecule has 1 aliphatic rings. The SMILES string of the molecule is CC(=O)OC[C@H]1O[C@@H](Oc2n[nH]c(C(C)C)c2Cc2ccc(CCN)cc2C)[C@H](OC(C)=O)[C@@H](OC(C)=O)[C@@H]1OC(C)=O. The number of benzene rings is 1. The minimum absolute atomic E-state index is 0.0482. The van der Waals surface area contributed by atoms with Crippen LogP contribution in [0.2, 0.25) is 0 Å². The molecule has 0 unspecified atom stereocenters. The first-order valence-corrected chi connectivity index (χ1v) is 14.1. The smallest absolute Gasteiger partial charge is 0.303 e. The van der Waals surface area contributed by atoms with Crippen molar-refractivity contribution in [2.24, 2.45) is 5.73 Å². The van der Waals surface area contributed by atoms with Gasteiger partial charge >= 0.3 is 23.9 Å². The highest BCUT2D eigenvalue weighted by Crippen LogP contribution is 2.34. The molecule has 1 saturated heterocycles. The van der Waals surface area contributed by atoms with E-state index in [1.165, 1.54) is 13.8 Å². The summed E-state index contributed by atoms with van der Waals surface area (Å²) in [6.07, 6.45) is -5.32. The molecule has 1 aromatic carbocycles. The number of rotatable bonds is 12. The quantitative estimate of drug-likeness (QED) is 0.268. The molecule has 1 aromatic heterocycles. The van der Waals surface area contributed by atoms with E-state index in [1.54, 1.807) is 0 Å². The maximum atomic E-state index is 12.2. The third-order valence-corrected chi connectivity index (χ3v) is 6.82. The maximum Gasteiger partial charge on any atom is 0.303 e. The molecule has 1 aliphatic heterocycles. The van der Waals surface area contributed by atoms with Gasteiger partial charge in [0.1, 0.15) is 12.7 Å². The Morgan fingerprint density at radius 2 is 1.58 bits per heavy atom. The molecular formula is C30H41N3O10. The third-order valence-electron chi connectivity index (χ3n) is 6.82. The van der Waals surface area contributed by atoms with Crippen LogP contribution >= 0.6 is 0 Å². The van der Waals surface area contributed by atoms with Crippen LogP contribution in [0.5, 0.6) is 5.88 Å². The third kappa shape index (κ3) is 9.01. The van der Waals surface area contributed by atoms with E-state index in [0.29, 0.717) is 13.0 Å². The number of esters is 4. The number of aryl methyl sites for hydroxylation is 1. The van der Waals surface area contributed by atoms with Gasteiger partial charge in [-0.2, -0.15) is 0 Å². The summed E-state index contributed by atoms with van der Waals surface area (Å²) < 4.78 is 34.0. The van der Waals surface area contributed by atoms with Gasteiger partial charge in [0, 0.05) is 45.4 Å². The molecule has 2 aromatic rings. The molecule has 3 N–H and O–H groups in total. The van der Waals surface area contributed by atoms with Crippen molar-refractivity contribution in [3.8, 4) is 5.88 Å². The number of hydrogen-bond donors (Lipinski definition) is 2. The lowest BCUT2D eigenvalue weighted by molar-refractivity contribution is -0.289. The number of carbonyl (C=O) groups is 4. The van der Waals surface area contributed by atoms with Gasteiger partial charge in [-0.15, -0.1) is 5.10 Å². The summed E-state index contributed by atoms with van der Waals surface area (Å²) in [5.41, 5.74) is 10.5. The van der Waals surface area contributed by atoms with Gasteiger partial charge in [0.2, 0.25) is 18.3 Å². The lowest BCUT2D eigenvalue weighted by Gasteiger charge is -2.43. The number of aromatic nitrogens is 2. The zero-order valence-electron chi connectivity index (χ0n) is 25.6. The standard InChI is InChI=1S/C30H41N3O10/c1-15(2)25-23(13-22-9-8-21(10-11-31)12-16(22)3)29(33-32-25)43-30-28(41-20(7)37)27(40-19(6)36)26(39-18(5)35)24(42-30)14-38-17(4)34/h8-9,12,15,24,26-28,30H,10-11,13-14,31H2,1-7H3,(H,32,33)/t24-,26-,27+,28-,30+/m1/s1. The summed E-state index contributed by atoms with van der Waals surface area (Å²) in [5, 5.41) is 7.45. The molecule has 2 heterocycles. The van der Waals surface area contributed by atoms with Crippen molar-refractivity contribution in [3.63, 3.8) is 0 Å². The maximum absolute atomic E-state index is 12.2. The van der Waals surface area contributed by atoms with Crippen molar-refractivity contribution in [2.45, 2.75) is 97.9 Å². The monoisotopic (exact) mass is 603 g/mol. The van der Waals surface area contributed by atoms with Gasteiger partial charge in [0.05, 0.1) is 0 Å². The highest BCUT2D eigenvalue weighted by atomic mass is 16.7. The molecule has 0 saturated carbocycles. The normalized spacial score (nSPS) is 21.7. The number of hydrogen-bond acceptors (Lipinski definition) is 12. The zero-order valence-corrected chi connectivity index (χ0v) is 25.6. The number of carbonyl (C=O) groups excluding carboxylic acids is 4. The van der Waals surface area contributed by atoms with Gasteiger partial charge in [-0.3, -0.25) is 24.3 Å². The summed E-state index contributed by atoms with van der Waals surface area (Å²) in [6, 6.07) is 6.16. The van der Waals surface area contributed by atoms with Crippen LogP contribution in [-0.2, 0) is 55.7 Å². The van der Waals surface area contributed by atoms with E-state index in [2.05, 4.69) is 16.3 Å². The molecule has 43 heavy (non-hydrogen) atoms. The second-order valence-corrected chi connectivity index (χ2v) is 10.7. The number of nitrogens with one attached hydrogen (secondary N) is 1. The lowest BCUT2D eigenvalue weighted by Crippen LogP contribution is -2.63. The molecule has 0 radical (unpaired) electrons. The molecule has 5 atom stereocenters. The van der Waals surface area contributed by atoms with Crippen molar-refractivity contribution in [1.29, 1.82) is 0 Å². The average Bonchev–Trinajstić information content (AvgIpc) is 3.29. The first kappa shape index (κ1) is 33.5. The van der Waals surface area contributed by atoms with Crippen LogP contribution in [0.4, 0.5) is 0 Å². The largest absolute Gasteiger partial charge is 0.463 e.